The Morgan fingerprint density at radius 1 is 1.32 bits per heavy atom. The van der Waals surface area contributed by atoms with Gasteiger partial charge in [-0.15, -0.1) is 12.4 Å². The summed E-state index contributed by atoms with van der Waals surface area (Å²) in [4.78, 5) is 11.4. The van der Waals surface area contributed by atoms with Crippen molar-refractivity contribution >= 4 is 18.3 Å². The molecule has 0 fully saturated rings. The number of benzene rings is 1. The number of hydrogen-bond acceptors (Lipinski definition) is 3. The van der Waals surface area contributed by atoms with Crippen LogP contribution in [0.3, 0.4) is 0 Å². The van der Waals surface area contributed by atoms with Crippen molar-refractivity contribution in [2.75, 3.05) is 6.61 Å². The van der Waals surface area contributed by atoms with E-state index < -0.39 is 6.04 Å². The fourth-order valence-corrected chi connectivity index (χ4v) is 1.65. The Hall–Kier alpha value is -1.26. The molecule has 0 aromatic heterocycles. The first kappa shape index (κ1) is 17.7. The van der Waals surface area contributed by atoms with Crippen molar-refractivity contribution in [3.63, 3.8) is 0 Å². The number of nitrogens with one attached hydrogen (secondary N) is 1. The molecule has 4 nitrogen and oxygen atoms in total. The van der Waals surface area contributed by atoms with Gasteiger partial charge in [-0.1, -0.05) is 18.2 Å². The summed E-state index contributed by atoms with van der Waals surface area (Å²) in [7, 11) is 0. The van der Waals surface area contributed by atoms with E-state index in [9.17, 15) is 4.79 Å². The molecule has 1 rings (SSSR count). The predicted octanol–water partition coefficient (Wildman–Crippen LogP) is 1.96. The number of aryl methyl sites for hydroxylation is 2. The molecule has 5 heteroatoms. The van der Waals surface area contributed by atoms with Gasteiger partial charge in [0.1, 0.15) is 12.4 Å². The normalized spacial score (nSPS) is 13.1. The molecule has 0 aliphatic heterocycles. The molecule has 0 saturated carbocycles. The second-order valence-electron chi connectivity index (χ2n) is 4.73. The largest absolute Gasteiger partial charge is 0.491 e. The quantitative estimate of drug-likeness (QED) is 0.870. The van der Waals surface area contributed by atoms with Crippen molar-refractivity contribution in [1.29, 1.82) is 0 Å². The number of halogens is 1. The van der Waals surface area contributed by atoms with Gasteiger partial charge in [0.2, 0.25) is 5.91 Å². The van der Waals surface area contributed by atoms with Gasteiger partial charge in [-0.3, -0.25) is 4.79 Å². The molecule has 3 N–H and O–H groups in total. The Bertz CT molecular complexity index is 402. The molecule has 0 saturated heterocycles. The lowest BCUT2D eigenvalue weighted by Crippen LogP contribution is -2.44. The predicted molar refractivity (Wildman–Crippen MR) is 79.9 cm³/mol. The highest BCUT2D eigenvalue weighted by molar-refractivity contribution is 5.85. The lowest BCUT2D eigenvalue weighted by atomic mass is 10.1. The number of nitrogens with two attached hydrogens (primary N) is 1. The molecule has 0 spiro atoms. The van der Waals surface area contributed by atoms with E-state index in [1.165, 1.54) is 0 Å². The van der Waals surface area contributed by atoms with Crippen LogP contribution in [0.15, 0.2) is 18.2 Å². The maximum Gasteiger partial charge on any atom is 0.236 e. The number of carbonyl (C=O) groups is 1. The molecule has 1 aromatic carbocycles. The zero-order valence-corrected chi connectivity index (χ0v) is 12.7. The molecule has 0 heterocycles. The van der Waals surface area contributed by atoms with E-state index in [-0.39, 0.29) is 24.4 Å². The highest BCUT2D eigenvalue weighted by atomic mass is 35.5. The first-order valence-corrected chi connectivity index (χ1v) is 6.16. The standard InChI is InChI=1S/C14H22N2O2.ClH/c1-9-6-5-7-10(2)13(9)18-8-11(3)16-14(17)12(4)15;/h5-7,11-12H,8,15H2,1-4H3,(H,16,17);1H/t11?,12-;/m1./s1. The van der Waals surface area contributed by atoms with Crippen molar-refractivity contribution in [2.45, 2.75) is 39.8 Å². The highest BCUT2D eigenvalue weighted by Gasteiger charge is 2.12. The SMILES string of the molecule is Cc1cccc(C)c1OCC(C)NC(=O)[C@@H](C)N.Cl. The molecular formula is C14H23ClN2O2. The van der Waals surface area contributed by atoms with Gasteiger partial charge in [0, 0.05) is 0 Å². The zero-order chi connectivity index (χ0) is 13.7. The monoisotopic (exact) mass is 286 g/mol. The molecule has 0 aliphatic carbocycles. The number of para-hydroxylation sites is 1. The smallest absolute Gasteiger partial charge is 0.236 e. The molecule has 1 unspecified atom stereocenters. The first-order valence-electron chi connectivity index (χ1n) is 6.16. The van der Waals surface area contributed by atoms with Crippen LogP contribution in [0, 0.1) is 13.8 Å². The third-order valence-corrected chi connectivity index (χ3v) is 2.69. The van der Waals surface area contributed by atoms with Crippen LogP contribution in [-0.2, 0) is 4.79 Å². The second-order valence-corrected chi connectivity index (χ2v) is 4.73. The van der Waals surface area contributed by atoms with Gasteiger partial charge in [-0.25, -0.2) is 0 Å². The summed E-state index contributed by atoms with van der Waals surface area (Å²) in [6.07, 6.45) is 0. The number of ether oxygens (including phenoxy) is 1. The lowest BCUT2D eigenvalue weighted by molar-refractivity contribution is -0.122. The Morgan fingerprint density at radius 2 is 1.84 bits per heavy atom. The molecule has 0 bridgehead atoms. The maximum atomic E-state index is 11.4. The fraction of sp³-hybridized carbons (Fsp3) is 0.500. The minimum absolute atomic E-state index is 0. The topological polar surface area (TPSA) is 64.3 Å². The summed E-state index contributed by atoms with van der Waals surface area (Å²) < 4.78 is 5.75. The van der Waals surface area contributed by atoms with Gasteiger partial charge in [-0.2, -0.15) is 0 Å². The van der Waals surface area contributed by atoms with E-state index >= 15 is 0 Å². The van der Waals surface area contributed by atoms with E-state index in [1.807, 2.05) is 39.0 Å². The van der Waals surface area contributed by atoms with Crippen molar-refractivity contribution in [3.05, 3.63) is 29.3 Å². The van der Waals surface area contributed by atoms with Crippen LogP contribution in [0.5, 0.6) is 5.75 Å². The average Bonchev–Trinajstić information content (AvgIpc) is 2.28. The Kier molecular flexibility index (Phi) is 7.49. The second kappa shape index (κ2) is 8.02. The molecule has 1 amide bonds. The molecule has 19 heavy (non-hydrogen) atoms. The van der Waals surface area contributed by atoms with E-state index in [0.29, 0.717) is 6.61 Å². The minimum atomic E-state index is -0.493. The van der Waals surface area contributed by atoms with Crippen LogP contribution < -0.4 is 15.8 Å². The molecule has 108 valence electrons. The van der Waals surface area contributed by atoms with Crippen molar-refractivity contribution in [2.24, 2.45) is 5.73 Å². The third-order valence-electron chi connectivity index (χ3n) is 2.69. The van der Waals surface area contributed by atoms with E-state index in [1.54, 1.807) is 6.92 Å². The summed E-state index contributed by atoms with van der Waals surface area (Å²) in [5.74, 6) is 0.729. The average molecular weight is 287 g/mol. The molecule has 0 aliphatic rings. The fourth-order valence-electron chi connectivity index (χ4n) is 1.65. The van der Waals surface area contributed by atoms with Crippen LogP contribution in [0.4, 0.5) is 0 Å². The summed E-state index contributed by atoms with van der Waals surface area (Å²) in [5, 5.41) is 2.80. The van der Waals surface area contributed by atoms with Crippen LogP contribution >= 0.6 is 12.4 Å². The van der Waals surface area contributed by atoms with Crippen molar-refractivity contribution < 1.29 is 9.53 Å². The van der Waals surface area contributed by atoms with Gasteiger partial charge in [0.05, 0.1) is 12.1 Å². The van der Waals surface area contributed by atoms with Gasteiger partial charge in [0.25, 0.3) is 0 Å². The number of amides is 1. The summed E-state index contributed by atoms with van der Waals surface area (Å²) >= 11 is 0. The molecule has 1 aromatic rings. The van der Waals surface area contributed by atoms with Gasteiger partial charge < -0.3 is 15.8 Å². The number of hydrogen-bond donors (Lipinski definition) is 2. The van der Waals surface area contributed by atoms with Crippen molar-refractivity contribution in [3.8, 4) is 5.75 Å². The maximum absolute atomic E-state index is 11.4. The number of rotatable bonds is 5. The van der Waals surface area contributed by atoms with E-state index in [0.717, 1.165) is 16.9 Å². The Morgan fingerprint density at radius 3 is 2.32 bits per heavy atom. The van der Waals surface area contributed by atoms with E-state index in [2.05, 4.69) is 5.32 Å². The van der Waals surface area contributed by atoms with Crippen molar-refractivity contribution in [1.82, 2.24) is 5.32 Å². The van der Waals surface area contributed by atoms with Crippen LogP contribution in [0.25, 0.3) is 0 Å². The third kappa shape index (κ3) is 5.49. The highest BCUT2D eigenvalue weighted by Crippen LogP contribution is 2.22. The lowest BCUT2D eigenvalue weighted by Gasteiger charge is -2.18. The number of carbonyl (C=O) groups excluding carboxylic acids is 1. The molecule has 0 radical (unpaired) electrons. The Balaban J connectivity index is 0.00000324. The zero-order valence-electron chi connectivity index (χ0n) is 11.9. The summed E-state index contributed by atoms with van der Waals surface area (Å²) in [5.41, 5.74) is 7.68. The summed E-state index contributed by atoms with van der Waals surface area (Å²) in [6.45, 7) is 8.01. The van der Waals surface area contributed by atoms with Crippen LogP contribution in [0.2, 0.25) is 0 Å². The summed E-state index contributed by atoms with van der Waals surface area (Å²) in [6, 6.07) is 5.45. The van der Waals surface area contributed by atoms with Crippen LogP contribution in [-0.4, -0.2) is 24.6 Å². The molecule has 2 atom stereocenters. The Labute approximate surface area is 121 Å². The van der Waals surface area contributed by atoms with Gasteiger partial charge in [-0.05, 0) is 38.8 Å². The van der Waals surface area contributed by atoms with Crippen LogP contribution in [0.1, 0.15) is 25.0 Å². The minimum Gasteiger partial charge on any atom is -0.491 e. The first-order chi connectivity index (χ1) is 8.41. The van der Waals surface area contributed by atoms with Gasteiger partial charge >= 0.3 is 0 Å². The van der Waals surface area contributed by atoms with Gasteiger partial charge in [0.15, 0.2) is 0 Å². The molecular weight excluding hydrogens is 264 g/mol. The van der Waals surface area contributed by atoms with E-state index in [4.69, 9.17) is 10.5 Å².